The van der Waals surface area contributed by atoms with E-state index in [9.17, 15) is 4.39 Å². The highest BCUT2D eigenvalue weighted by molar-refractivity contribution is 9.10. The summed E-state index contributed by atoms with van der Waals surface area (Å²) in [5, 5.41) is 0.663. The number of rotatable bonds is 3. The molecule has 0 spiro atoms. The molecule has 5 heteroatoms. The highest BCUT2D eigenvalue weighted by atomic mass is 79.9. The molecule has 0 aliphatic heterocycles. The molecule has 2 nitrogen and oxygen atoms in total. The Morgan fingerprint density at radius 1 is 1.19 bits per heavy atom. The fourth-order valence-electron chi connectivity index (χ4n) is 2.22. The highest BCUT2D eigenvalue weighted by Gasteiger charge is 2.08. The number of aromatic nitrogens is 2. The molecule has 0 amide bonds. The summed E-state index contributed by atoms with van der Waals surface area (Å²) in [5.41, 5.74) is 1.80. The lowest BCUT2D eigenvalue weighted by Gasteiger charge is -2.09. The van der Waals surface area contributed by atoms with E-state index in [4.69, 9.17) is 11.6 Å². The van der Waals surface area contributed by atoms with Gasteiger partial charge in [-0.15, -0.1) is 0 Å². The van der Waals surface area contributed by atoms with E-state index >= 15 is 0 Å². The minimum atomic E-state index is -0.260. The Morgan fingerprint density at radius 2 is 2.05 bits per heavy atom. The van der Waals surface area contributed by atoms with Crippen molar-refractivity contribution in [2.24, 2.45) is 0 Å². The standard InChI is InChI=1S/C16H11BrClFN2/c17-13-6-11(7-15(19)9-13)10-21-5-4-20-16(21)12-2-1-3-14(18)8-12/h1-9H,10H2. The first-order valence-corrected chi connectivity index (χ1v) is 7.51. The van der Waals surface area contributed by atoms with Gasteiger partial charge in [-0.1, -0.05) is 39.7 Å². The summed E-state index contributed by atoms with van der Waals surface area (Å²) >= 11 is 9.33. The Balaban J connectivity index is 1.96. The lowest BCUT2D eigenvalue weighted by Crippen LogP contribution is -2.01. The van der Waals surface area contributed by atoms with Crippen molar-refractivity contribution < 1.29 is 4.39 Å². The van der Waals surface area contributed by atoms with E-state index in [0.29, 0.717) is 11.6 Å². The van der Waals surface area contributed by atoms with E-state index in [1.807, 2.05) is 41.1 Å². The van der Waals surface area contributed by atoms with Crippen molar-refractivity contribution in [1.82, 2.24) is 9.55 Å². The maximum atomic E-state index is 13.5. The van der Waals surface area contributed by atoms with Crippen molar-refractivity contribution in [3.63, 3.8) is 0 Å². The van der Waals surface area contributed by atoms with Gasteiger partial charge in [-0.05, 0) is 35.9 Å². The monoisotopic (exact) mass is 364 g/mol. The van der Waals surface area contributed by atoms with Gasteiger partial charge in [0.05, 0.1) is 0 Å². The molecule has 0 unspecified atom stereocenters. The molecule has 0 fully saturated rings. The summed E-state index contributed by atoms with van der Waals surface area (Å²) < 4.78 is 16.1. The van der Waals surface area contributed by atoms with Crippen LogP contribution in [-0.4, -0.2) is 9.55 Å². The van der Waals surface area contributed by atoms with Gasteiger partial charge < -0.3 is 4.57 Å². The van der Waals surface area contributed by atoms with Crippen molar-refractivity contribution >= 4 is 27.5 Å². The summed E-state index contributed by atoms with van der Waals surface area (Å²) in [7, 11) is 0. The largest absolute Gasteiger partial charge is 0.327 e. The molecule has 0 N–H and O–H groups in total. The van der Waals surface area contributed by atoms with E-state index in [-0.39, 0.29) is 5.82 Å². The van der Waals surface area contributed by atoms with Gasteiger partial charge in [-0.3, -0.25) is 0 Å². The summed E-state index contributed by atoms with van der Waals surface area (Å²) in [6.45, 7) is 0.540. The first kappa shape index (κ1) is 14.3. The Labute approximate surface area is 135 Å². The topological polar surface area (TPSA) is 17.8 Å². The second-order valence-electron chi connectivity index (χ2n) is 4.67. The maximum Gasteiger partial charge on any atom is 0.140 e. The van der Waals surface area contributed by atoms with Gasteiger partial charge in [0.2, 0.25) is 0 Å². The van der Waals surface area contributed by atoms with Gasteiger partial charge in [0.15, 0.2) is 0 Å². The van der Waals surface area contributed by atoms with E-state index in [0.717, 1.165) is 21.4 Å². The van der Waals surface area contributed by atoms with Crippen LogP contribution in [0.2, 0.25) is 5.02 Å². The average Bonchev–Trinajstić information content (AvgIpc) is 2.85. The number of imidazole rings is 1. The SMILES string of the molecule is Fc1cc(Br)cc(Cn2ccnc2-c2cccc(Cl)c2)c1. The molecule has 0 saturated heterocycles. The quantitative estimate of drug-likeness (QED) is 0.627. The molecule has 3 aromatic rings. The van der Waals surface area contributed by atoms with E-state index in [1.54, 1.807) is 6.20 Å². The molecule has 0 atom stereocenters. The summed E-state index contributed by atoms with van der Waals surface area (Å²) in [4.78, 5) is 4.37. The molecule has 0 aliphatic carbocycles. The van der Waals surface area contributed by atoms with Gasteiger partial charge >= 0.3 is 0 Å². The van der Waals surface area contributed by atoms with Crippen molar-refractivity contribution in [2.45, 2.75) is 6.54 Å². The van der Waals surface area contributed by atoms with Gasteiger partial charge in [0, 0.05) is 34.0 Å². The third-order valence-electron chi connectivity index (χ3n) is 3.07. The Bertz CT molecular complexity index is 765. The molecule has 2 aromatic carbocycles. The predicted molar refractivity (Wildman–Crippen MR) is 85.9 cm³/mol. The van der Waals surface area contributed by atoms with Crippen LogP contribution < -0.4 is 0 Å². The second kappa shape index (κ2) is 6.00. The van der Waals surface area contributed by atoms with Crippen molar-refractivity contribution in [1.29, 1.82) is 0 Å². The molecule has 0 aliphatic rings. The van der Waals surface area contributed by atoms with E-state index < -0.39 is 0 Å². The van der Waals surface area contributed by atoms with Gasteiger partial charge in [-0.2, -0.15) is 0 Å². The van der Waals surface area contributed by atoms with Crippen LogP contribution in [-0.2, 0) is 6.54 Å². The molecular formula is C16H11BrClFN2. The number of hydrogen-bond donors (Lipinski definition) is 0. The van der Waals surface area contributed by atoms with Crippen molar-refractivity contribution in [3.05, 3.63) is 75.7 Å². The minimum Gasteiger partial charge on any atom is -0.327 e. The van der Waals surface area contributed by atoms with E-state index in [1.165, 1.54) is 12.1 Å². The third-order valence-corrected chi connectivity index (χ3v) is 3.77. The molecule has 21 heavy (non-hydrogen) atoms. The van der Waals surface area contributed by atoms with Gasteiger partial charge in [0.25, 0.3) is 0 Å². The fraction of sp³-hybridized carbons (Fsp3) is 0.0625. The van der Waals surface area contributed by atoms with Crippen LogP contribution in [0.25, 0.3) is 11.4 Å². The second-order valence-corrected chi connectivity index (χ2v) is 6.02. The Hall–Kier alpha value is -1.65. The summed E-state index contributed by atoms with van der Waals surface area (Å²) in [6, 6.07) is 12.4. The third kappa shape index (κ3) is 3.34. The van der Waals surface area contributed by atoms with Crippen LogP contribution in [0.5, 0.6) is 0 Å². The zero-order valence-electron chi connectivity index (χ0n) is 10.9. The molecule has 1 aromatic heterocycles. The zero-order chi connectivity index (χ0) is 14.8. The lowest BCUT2D eigenvalue weighted by molar-refractivity contribution is 0.622. The van der Waals surface area contributed by atoms with Crippen LogP contribution in [0.4, 0.5) is 4.39 Å². The van der Waals surface area contributed by atoms with Crippen LogP contribution >= 0.6 is 27.5 Å². The van der Waals surface area contributed by atoms with Crippen LogP contribution in [0.1, 0.15) is 5.56 Å². The lowest BCUT2D eigenvalue weighted by atomic mass is 10.2. The molecule has 0 radical (unpaired) electrons. The molecule has 106 valence electrons. The van der Waals surface area contributed by atoms with Crippen LogP contribution in [0, 0.1) is 5.82 Å². The summed E-state index contributed by atoms with van der Waals surface area (Å²) in [6.07, 6.45) is 3.60. The Morgan fingerprint density at radius 3 is 2.81 bits per heavy atom. The minimum absolute atomic E-state index is 0.260. The van der Waals surface area contributed by atoms with Crippen LogP contribution in [0.15, 0.2) is 59.3 Å². The van der Waals surface area contributed by atoms with Gasteiger partial charge in [0.1, 0.15) is 11.6 Å². The number of benzene rings is 2. The molecule has 0 bridgehead atoms. The average molecular weight is 366 g/mol. The molecule has 3 rings (SSSR count). The van der Waals surface area contributed by atoms with Crippen molar-refractivity contribution in [2.75, 3.05) is 0 Å². The normalized spacial score (nSPS) is 10.8. The maximum absolute atomic E-state index is 13.5. The smallest absolute Gasteiger partial charge is 0.140 e. The van der Waals surface area contributed by atoms with Crippen molar-refractivity contribution in [3.8, 4) is 11.4 Å². The zero-order valence-corrected chi connectivity index (χ0v) is 13.3. The van der Waals surface area contributed by atoms with E-state index in [2.05, 4.69) is 20.9 Å². The first-order valence-electron chi connectivity index (χ1n) is 6.34. The Kier molecular flexibility index (Phi) is 4.08. The number of halogens is 3. The van der Waals surface area contributed by atoms with Gasteiger partial charge in [-0.25, -0.2) is 9.37 Å². The number of nitrogens with zero attached hydrogens (tertiary/aromatic N) is 2. The predicted octanol–water partition coefficient (Wildman–Crippen LogP) is 5.15. The highest BCUT2D eigenvalue weighted by Crippen LogP contribution is 2.23. The van der Waals surface area contributed by atoms with Crippen LogP contribution in [0.3, 0.4) is 0 Å². The molecule has 1 heterocycles. The summed E-state index contributed by atoms with van der Waals surface area (Å²) in [5.74, 6) is 0.543. The first-order chi connectivity index (χ1) is 10.1. The molecular weight excluding hydrogens is 355 g/mol. The molecule has 0 saturated carbocycles. The number of hydrogen-bond acceptors (Lipinski definition) is 1. The fourth-order valence-corrected chi connectivity index (χ4v) is 2.93.